The molecule has 26 heavy (non-hydrogen) atoms. The van der Waals surface area contributed by atoms with E-state index in [9.17, 15) is 14.9 Å². The second-order valence-electron chi connectivity index (χ2n) is 5.97. The van der Waals surface area contributed by atoms with Gasteiger partial charge in [-0.15, -0.1) is 0 Å². The summed E-state index contributed by atoms with van der Waals surface area (Å²) in [6.45, 7) is 0.430. The van der Waals surface area contributed by atoms with Gasteiger partial charge in [0, 0.05) is 34.6 Å². The molecule has 7 nitrogen and oxygen atoms in total. The van der Waals surface area contributed by atoms with Gasteiger partial charge in [0.2, 0.25) is 5.91 Å². The Balaban J connectivity index is 1.44. The summed E-state index contributed by atoms with van der Waals surface area (Å²) in [5.41, 5.74) is 1.59. The van der Waals surface area contributed by atoms with Crippen LogP contribution in [0.1, 0.15) is 5.76 Å². The second-order valence-corrected chi connectivity index (χ2v) is 5.97. The number of para-hydroxylation sites is 1. The Bertz CT molecular complexity index is 1090. The second kappa shape index (κ2) is 6.36. The van der Waals surface area contributed by atoms with E-state index in [0.717, 1.165) is 21.9 Å². The van der Waals surface area contributed by atoms with Crippen LogP contribution in [-0.4, -0.2) is 15.4 Å². The summed E-state index contributed by atoms with van der Waals surface area (Å²) in [4.78, 5) is 22.6. The van der Waals surface area contributed by atoms with Crippen molar-refractivity contribution in [3.8, 4) is 0 Å². The molecule has 1 amide bonds. The van der Waals surface area contributed by atoms with Crippen molar-refractivity contribution in [3.05, 3.63) is 76.7 Å². The topological polar surface area (TPSA) is 90.3 Å². The number of hydrogen-bond acceptors (Lipinski definition) is 4. The molecule has 130 valence electrons. The van der Waals surface area contributed by atoms with Crippen molar-refractivity contribution in [3.63, 3.8) is 0 Å². The predicted octanol–water partition coefficient (Wildman–Crippen LogP) is 3.61. The molecule has 0 atom stereocenters. The minimum absolute atomic E-state index is 0.0320. The fourth-order valence-electron chi connectivity index (χ4n) is 2.96. The van der Waals surface area contributed by atoms with Crippen LogP contribution >= 0.6 is 0 Å². The highest BCUT2D eigenvalue weighted by Gasteiger charge is 2.11. The lowest BCUT2D eigenvalue weighted by molar-refractivity contribution is -0.384. The highest BCUT2D eigenvalue weighted by atomic mass is 16.6. The van der Waals surface area contributed by atoms with Crippen LogP contribution in [0.25, 0.3) is 21.9 Å². The molecule has 0 unspecified atom stereocenters. The van der Waals surface area contributed by atoms with E-state index < -0.39 is 4.92 Å². The average Bonchev–Trinajstić information content (AvgIpc) is 3.23. The molecule has 7 heteroatoms. The fraction of sp³-hybridized carbons (Fsp3) is 0.105. The van der Waals surface area contributed by atoms with E-state index in [-0.39, 0.29) is 18.1 Å². The number of nitro groups is 1. The highest BCUT2D eigenvalue weighted by molar-refractivity contribution is 5.85. The molecule has 0 radical (unpaired) electrons. The summed E-state index contributed by atoms with van der Waals surface area (Å²) >= 11 is 0. The van der Waals surface area contributed by atoms with Crippen LogP contribution in [0.4, 0.5) is 5.69 Å². The Hall–Kier alpha value is -3.61. The molecular weight excluding hydrogens is 334 g/mol. The van der Waals surface area contributed by atoms with Crippen LogP contribution in [-0.2, 0) is 17.9 Å². The van der Waals surface area contributed by atoms with E-state index in [0.29, 0.717) is 12.3 Å². The van der Waals surface area contributed by atoms with Gasteiger partial charge in [0.05, 0.1) is 11.5 Å². The Morgan fingerprint density at radius 3 is 2.77 bits per heavy atom. The number of furan rings is 1. The van der Waals surface area contributed by atoms with Crippen LogP contribution in [0.2, 0.25) is 0 Å². The summed E-state index contributed by atoms with van der Waals surface area (Å²) in [6, 6.07) is 15.9. The first kappa shape index (κ1) is 15.9. The molecule has 0 spiro atoms. The van der Waals surface area contributed by atoms with E-state index >= 15 is 0 Å². The molecule has 0 bridgehead atoms. The van der Waals surface area contributed by atoms with Crippen LogP contribution in [0, 0.1) is 10.1 Å². The monoisotopic (exact) mass is 349 g/mol. The standard InChI is InChI=1S/C19H15N3O4/c23-19(20-11-16-10-14-3-1-2-4-18(14)26-16)12-21-8-7-13-9-15(22(24)25)5-6-17(13)21/h1-10H,11-12H2,(H,20,23). The van der Waals surface area contributed by atoms with Gasteiger partial charge in [0.15, 0.2) is 0 Å². The Morgan fingerprint density at radius 1 is 1.12 bits per heavy atom. The van der Waals surface area contributed by atoms with E-state index in [4.69, 9.17) is 4.42 Å². The molecular formula is C19H15N3O4. The molecule has 2 aromatic carbocycles. The Labute approximate surface area is 148 Å². The quantitative estimate of drug-likeness (QED) is 0.440. The van der Waals surface area contributed by atoms with Crippen molar-refractivity contribution in [1.29, 1.82) is 0 Å². The smallest absolute Gasteiger partial charge is 0.270 e. The largest absolute Gasteiger partial charge is 0.459 e. The van der Waals surface area contributed by atoms with Crippen molar-refractivity contribution in [2.75, 3.05) is 0 Å². The average molecular weight is 349 g/mol. The van der Waals surface area contributed by atoms with Gasteiger partial charge in [0.1, 0.15) is 17.9 Å². The number of carbonyl (C=O) groups is 1. The maximum Gasteiger partial charge on any atom is 0.270 e. The zero-order valence-corrected chi connectivity index (χ0v) is 13.7. The molecule has 2 aromatic heterocycles. The van der Waals surface area contributed by atoms with Crippen molar-refractivity contribution < 1.29 is 14.1 Å². The lowest BCUT2D eigenvalue weighted by atomic mass is 10.2. The third-order valence-electron chi connectivity index (χ3n) is 4.22. The molecule has 0 fully saturated rings. The van der Waals surface area contributed by atoms with Crippen molar-refractivity contribution >= 4 is 33.5 Å². The molecule has 0 aliphatic rings. The van der Waals surface area contributed by atoms with Crippen molar-refractivity contribution in [2.24, 2.45) is 0 Å². The first-order valence-corrected chi connectivity index (χ1v) is 8.07. The zero-order chi connectivity index (χ0) is 18.1. The molecule has 0 saturated heterocycles. The number of rotatable bonds is 5. The van der Waals surface area contributed by atoms with Crippen LogP contribution < -0.4 is 5.32 Å². The minimum atomic E-state index is -0.434. The number of nitro benzene ring substituents is 1. The summed E-state index contributed by atoms with van der Waals surface area (Å²) < 4.78 is 7.43. The predicted molar refractivity (Wildman–Crippen MR) is 96.7 cm³/mol. The normalized spacial score (nSPS) is 11.1. The van der Waals surface area contributed by atoms with E-state index in [2.05, 4.69) is 5.32 Å². The Morgan fingerprint density at radius 2 is 1.96 bits per heavy atom. The fourth-order valence-corrected chi connectivity index (χ4v) is 2.96. The maximum absolute atomic E-state index is 12.2. The summed E-state index contributed by atoms with van der Waals surface area (Å²) in [7, 11) is 0. The lowest BCUT2D eigenvalue weighted by Crippen LogP contribution is -2.26. The molecule has 4 aromatic rings. The van der Waals surface area contributed by atoms with E-state index in [1.807, 2.05) is 30.3 Å². The number of hydrogen-bond donors (Lipinski definition) is 1. The number of amides is 1. The summed E-state index contributed by atoms with van der Waals surface area (Å²) in [5.74, 6) is 0.522. The number of aromatic nitrogens is 1. The zero-order valence-electron chi connectivity index (χ0n) is 13.7. The van der Waals surface area contributed by atoms with Gasteiger partial charge in [-0.25, -0.2) is 0 Å². The molecule has 0 saturated carbocycles. The molecule has 0 aliphatic carbocycles. The molecule has 2 heterocycles. The lowest BCUT2D eigenvalue weighted by Gasteiger charge is -2.06. The van der Waals surface area contributed by atoms with Crippen LogP contribution in [0.3, 0.4) is 0 Å². The summed E-state index contributed by atoms with van der Waals surface area (Å²) in [6.07, 6.45) is 1.75. The van der Waals surface area contributed by atoms with E-state index in [1.165, 1.54) is 12.1 Å². The molecule has 1 N–H and O–H groups in total. The Kier molecular flexibility index (Phi) is 3.89. The van der Waals surface area contributed by atoms with Crippen molar-refractivity contribution in [2.45, 2.75) is 13.1 Å². The number of non-ortho nitro benzene ring substituents is 1. The van der Waals surface area contributed by atoms with E-state index in [1.54, 1.807) is 22.9 Å². The first-order valence-electron chi connectivity index (χ1n) is 8.07. The molecule has 4 rings (SSSR count). The number of fused-ring (bicyclic) bond motifs is 2. The van der Waals surface area contributed by atoms with Crippen molar-refractivity contribution in [1.82, 2.24) is 9.88 Å². The molecule has 0 aliphatic heterocycles. The van der Waals surface area contributed by atoms with Gasteiger partial charge < -0.3 is 14.3 Å². The number of nitrogens with one attached hydrogen (secondary N) is 1. The highest BCUT2D eigenvalue weighted by Crippen LogP contribution is 2.22. The first-order chi connectivity index (χ1) is 12.6. The number of benzene rings is 2. The van der Waals surface area contributed by atoms with Gasteiger partial charge >= 0.3 is 0 Å². The van der Waals surface area contributed by atoms with Gasteiger partial charge in [-0.1, -0.05) is 18.2 Å². The van der Waals surface area contributed by atoms with Gasteiger partial charge in [-0.05, 0) is 24.3 Å². The minimum Gasteiger partial charge on any atom is -0.459 e. The van der Waals surface area contributed by atoms with Crippen LogP contribution in [0.5, 0.6) is 0 Å². The summed E-state index contributed by atoms with van der Waals surface area (Å²) in [5, 5.41) is 15.4. The number of carbonyl (C=O) groups excluding carboxylic acids is 1. The third kappa shape index (κ3) is 3.02. The SMILES string of the molecule is O=C(Cn1ccc2cc([N+](=O)[O-])ccc21)NCc1cc2ccccc2o1. The van der Waals surface area contributed by atoms with Gasteiger partial charge in [0.25, 0.3) is 5.69 Å². The third-order valence-corrected chi connectivity index (χ3v) is 4.22. The van der Waals surface area contributed by atoms with Crippen LogP contribution in [0.15, 0.2) is 65.2 Å². The van der Waals surface area contributed by atoms with Gasteiger partial charge in [-0.3, -0.25) is 14.9 Å². The van der Waals surface area contributed by atoms with Gasteiger partial charge in [-0.2, -0.15) is 0 Å². The number of nitrogens with zero attached hydrogens (tertiary/aromatic N) is 2. The maximum atomic E-state index is 12.2.